The van der Waals surface area contributed by atoms with Gasteiger partial charge in [0.05, 0.1) is 18.8 Å². The predicted molar refractivity (Wildman–Crippen MR) is 138 cm³/mol. The van der Waals surface area contributed by atoms with Crippen molar-refractivity contribution >= 4 is 47.6 Å². The highest BCUT2D eigenvalue weighted by atomic mass is 127. The van der Waals surface area contributed by atoms with E-state index in [9.17, 15) is 4.79 Å². The average molecular weight is 549 g/mol. The molecule has 1 aliphatic rings. The monoisotopic (exact) mass is 548 g/mol. The largest absolute Gasteiger partial charge is 0.372 e. The number of nitrogens with zero attached hydrogens (tertiary/aromatic N) is 2. The minimum Gasteiger partial charge on any atom is -0.372 e. The van der Waals surface area contributed by atoms with Gasteiger partial charge >= 0.3 is 0 Å². The Morgan fingerprint density at radius 1 is 1.20 bits per heavy atom. The summed E-state index contributed by atoms with van der Waals surface area (Å²) in [4.78, 5) is 19.3. The molecular formula is C22H37IN4O2S. The van der Waals surface area contributed by atoms with Crippen LogP contribution in [0.4, 0.5) is 0 Å². The first-order chi connectivity index (χ1) is 13.7. The quantitative estimate of drug-likeness (QED) is 0.309. The van der Waals surface area contributed by atoms with Crippen LogP contribution in [-0.4, -0.2) is 66.2 Å². The van der Waals surface area contributed by atoms with Crippen LogP contribution in [0.3, 0.4) is 0 Å². The van der Waals surface area contributed by atoms with E-state index in [0.717, 1.165) is 24.6 Å². The summed E-state index contributed by atoms with van der Waals surface area (Å²) in [6.45, 7) is 14.0. The molecule has 1 amide bonds. The molecule has 1 saturated heterocycles. The number of nitrogens with one attached hydrogen (secondary N) is 2. The van der Waals surface area contributed by atoms with Gasteiger partial charge in [-0.15, -0.1) is 24.0 Å². The van der Waals surface area contributed by atoms with Crippen molar-refractivity contribution < 1.29 is 9.53 Å². The average Bonchev–Trinajstić information content (AvgIpc) is 2.69. The molecular weight excluding hydrogens is 511 g/mol. The minimum absolute atomic E-state index is 0. The number of amides is 1. The second-order valence-electron chi connectivity index (χ2n) is 8.18. The number of halogens is 1. The number of carbonyl (C=O) groups is 1. The molecule has 1 aliphatic heterocycles. The molecule has 1 heterocycles. The summed E-state index contributed by atoms with van der Waals surface area (Å²) in [6.07, 6.45) is 2.26. The van der Waals surface area contributed by atoms with E-state index in [0.29, 0.717) is 25.2 Å². The highest BCUT2D eigenvalue weighted by Crippen LogP contribution is 2.19. The fourth-order valence-electron chi connectivity index (χ4n) is 3.16. The second kappa shape index (κ2) is 12.8. The van der Waals surface area contributed by atoms with Gasteiger partial charge in [0, 0.05) is 36.5 Å². The second-order valence-corrected chi connectivity index (χ2v) is 9.69. The number of guanidine groups is 1. The molecule has 2 N–H and O–H groups in total. The third-order valence-electron chi connectivity index (χ3n) is 4.91. The number of carbonyl (C=O) groups excluding carboxylic acids is 1. The maximum absolute atomic E-state index is 12.8. The van der Waals surface area contributed by atoms with Crippen molar-refractivity contribution in [2.45, 2.75) is 58.1 Å². The highest BCUT2D eigenvalue weighted by molar-refractivity contribution is 14.0. The van der Waals surface area contributed by atoms with Crippen molar-refractivity contribution in [1.82, 2.24) is 15.5 Å². The number of ether oxygens (including phenoxy) is 1. The van der Waals surface area contributed by atoms with Crippen molar-refractivity contribution in [3.63, 3.8) is 0 Å². The maximum atomic E-state index is 12.8. The Labute approximate surface area is 203 Å². The first-order valence-corrected chi connectivity index (χ1v) is 11.6. The fraction of sp³-hybridized carbons (Fsp3) is 0.636. The lowest BCUT2D eigenvalue weighted by molar-refractivity contribution is -0.0586. The smallest absolute Gasteiger partial charge is 0.254 e. The molecule has 0 aliphatic carbocycles. The van der Waals surface area contributed by atoms with Gasteiger partial charge in [-0.3, -0.25) is 4.79 Å². The normalized spacial score (nSPS) is 19.8. The molecule has 0 radical (unpaired) electrons. The van der Waals surface area contributed by atoms with Gasteiger partial charge in [0.2, 0.25) is 0 Å². The molecule has 8 heteroatoms. The number of morpholine rings is 1. The maximum Gasteiger partial charge on any atom is 0.254 e. The number of hydrogen-bond acceptors (Lipinski definition) is 4. The van der Waals surface area contributed by atoms with Gasteiger partial charge in [0.15, 0.2) is 5.96 Å². The Morgan fingerprint density at radius 3 is 2.33 bits per heavy atom. The van der Waals surface area contributed by atoms with Gasteiger partial charge in [-0.05, 0) is 58.6 Å². The number of benzene rings is 1. The topological polar surface area (TPSA) is 66.0 Å². The fourth-order valence-corrected chi connectivity index (χ4v) is 3.38. The standard InChI is InChI=1S/C22H36N4O2S.HI/c1-7-23-21(25-15-22(4,5)29-6)24-12-18-8-10-19(11-9-18)20(27)26-13-16(2)28-17(3)14-26;/h8-11,16-17H,7,12-15H2,1-6H3,(H2,23,24,25);1H. The highest BCUT2D eigenvalue weighted by Gasteiger charge is 2.26. The Hall–Kier alpha value is -1.00. The zero-order valence-electron chi connectivity index (χ0n) is 19.0. The Morgan fingerprint density at radius 2 is 1.80 bits per heavy atom. The van der Waals surface area contributed by atoms with Crippen molar-refractivity contribution in [3.05, 3.63) is 35.4 Å². The van der Waals surface area contributed by atoms with Crippen LogP contribution < -0.4 is 10.6 Å². The lowest BCUT2D eigenvalue weighted by Gasteiger charge is -2.35. The summed E-state index contributed by atoms with van der Waals surface area (Å²) in [5, 5.41) is 6.70. The molecule has 1 fully saturated rings. The SMILES string of the molecule is CCNC(=NCc1ccc(C(=O)N2CC(C)OC(C)C2)cc1)NCC(C)(C)SC.I. The predicted octanol–water partition coefficient (Wildman–Crippen LogP) is 3.75. The Bertz CT molecular complexity index is 687. The molecule has 0 spiro atoms. The molecule has 1 aromatic carbocycles. The van der Waals surface area contributed by atoms with Crippen molar-refractivity contribution in [3.8, 4) is 0 Å². The van der Waals surface area contributed by atoms with Gasteiger partial charge < -0.3 is 20.3 Å². The molecule has 2 rings (SSSR count). The third-order valence-corrected chi connectivity index (χ3v) is 6.16. The molecule has 0 aromatic heterocycles. The van der Waals surface area contributed by atoms with E-state index < -0.39 is 0 Å². The van der Waals surface area contributed by atoms with E-state index in [1.54, 1.807) is 0 Å². The summed E-state index contributed by atoms with van der Waals surface area (Å²) in [7, 11) is 0. The van der Waals surface area contributed by atoms with Crippen LogP contribution in [0.15, 0.2) is 29.3 Å². The van der Waals surface area contributed by atoms with Gasteiger partial charge in [0.1, 0.15) is 0 Å². The van der Waals surface area contributed by atoms with E-state index in [1.807, 2.05) is 54.8 Å². The molecule has 0 saturated carbocycles. The summed E-state index contributed by atoms with van der Waals surface area (Å²) in [6, 6.07) is 7.77. The van der Waals surface area contributed by atoms with Gasteiger partial charge in [-0.2, -0.15) is 11.8 Å². The van der Waals surface area contributed by atoms with E-state index in [2.05, 4.69) is 42.7 Å². The van der Waals surface area contributed by atoms with Crippen molar-refractivity contribution in [1.29, 1.82) is 0 Å². The van der Waals surface area contributed by atoms with E-state index >= 15 is 0 Å². The molecule has 2 unspecified atom stereocenters. The van der Waals surface area contributed by atoms with Gasteiger partial charge in [-0.1, -0.05) is 12.1 Å². The summed E-state index contributed by atoms with van der Waals surface area (Å²) in [5.41, 5.74) is 1.79. The molecule has 1 aromatic rings. The molecule has 30 heavy (non-hydrogen) atoms. The zero-order chi connectivity index (χ0) is 21.4. The van der Waals surface area contributed by atoms with Crippen LogP contribution >= 0.6 is 35.7 Å². The Kier molecular flexibility index (Phi) is 11.5. The van der Waals surface area contributed by atoms with Crippen LogP contribution in [0.1, 0.15) is 50.5 Å². The minimum atomic E-state index is 0. The van der Waals surface area contributed by atoms with Crippen LogP contribution in [0.25, 0.3) is 0 Å². The lowest BCUT2D eigenvalue weighted by atomic mass is 10.1. The summed E-state index contributed by atoms with van der Waals surface area (Å²) in [5.74, 6) is 0.877. The van der Waals surface area contributed by atoms with Gasteiger partial charge in [-0.25, -0.2) is 4.99 Å². The molecule has 2 atom stereocenters. The lowest BCUT2D eigenvalue weighted by Crippen LogP contribution is -2.48. The van der Waals surface area contributed by atoms with E-state index in [4.69, 9.17) is 4.74 Å². The first-order valence-electron chi connectivity index (χ1n) is 10.3. The summed E-state index contributed by atoms with van der Waals surface area (Å²) >= 11 is 1.83. The van der Waals surface area contributed by atoms with Gasteiger partial charge in [0.25, 0.3) is 5.91 Å². The van der Waals surface area contributed by atoms with Crippen LogP contribution in [0, 0.1) is 0 Å². The van der Waals surface area contributed by atoms with Crippen LogP contribution in [-0.2, 0) is 11.3 Å². The van der Waals surface area contributed by atoms with Crippen LogP contribution in [0.2, 0.25) is 0 Å². The number of thioether (sulfide) groups is 1. The summed E-state index contributed by atoms with van der Waals surface area (Å²) < 4.78 is 5.87. The van der Waals surface area contributed by atoms with Crippen molar-refractivity contribution in [2.24, 2.45) is 4.99 Å². The molecule has 170 valence electrons. The first kappa shape index (κ1) is 27.0. The third kappa shape index (κ3) is 8.63. The molecule has 6 nitrogen and oxygen atoms in total. The van der Waals surface area contributed by atoms with E-state index in [-0.39, 0.29) is 46.8 Å². The molecule has 0 bridgehead atoms. The van der Waals surface area contributed by atoms with E-state index in [1.165, 1.54) is 0 Å². The number of rotatable bonds is 7. The Balaban J connectivity index is 0.00000450. The zero-order valence-corrected chi connectivity index (χ0v) is 22.2. The number of hydrogen-bond donors (Lipinski definition) is 2. The number of aliphatic imine (C=N–C) groups is 1. The van der Waals surface area contributed by atoms with Crippen molar-refractivity contribution in [2.75, 3.05) is 32.4 Å². The van der Waals surface area contributed by atoms with Crippen LogP contribution in [0.5, 0.6) is 0 Å².